The molecule has 0 radical (unpaired) electrons. The minimum atomic E-state index is -0.995. The fourth-order valence-corrected chi connectivity index (χ4v) is 1.66. The van der Waals surface area contributed by atoms with Gasteiger partial charge in [-0.3, -0.25) is 0 Å². The summed E-state index contributed by atoms with van der Waals surface area (Å²) in [5.41, 5.74) is 8.51. The van der Waals surface area contributed by atoms with E-state index in [2.05, 4.69) is 0 Å². The van der Waals surface area contributed by atoms with E-state index >= 15 is 0 Å². The Morgan fingerprint density at radius 2 is 1.83 bits per heavy atom. The molecule has 0 spiro atoms. The van der Waals surface area contributed by atoms with Crippen molar-refractivity contribution in [1.29, 1.82) is 5.26 Å². The summed E-state index contributed by atoms with van der Waals surface area (Å²) < 4.78 is 0. The van der Waals surface area contributed by atoms with E-state index < -0.39 is 5.97 Å². The molecule has 0 aliphatic rings. The molecule has 0 amide bonds. The average Bonchev–Trinajstić information content (AvgIpc) is 2.39. The summed E-state index contributed by atoms with van der Waals surface area (Å²) in [6.07, 6.45) is 0. The number of carboxylic acid groups (broad SMARTS) is 1. The number of hydrogen-bond acceptors (Lipinski definition) is 3. The van der Waals surface area contributed by atoms with E-state index in [1.165, 1.54) is 12.1 Å². The fourth-order valence-electron chi connectivity index (χ4n) is 1.66. The van der Waals surface area contributed by atoms with Gasteiger partial charge in [0.2, 0.25) is 0 Å². The smallest absolute Gasteiger partial charge is 0.335 e. The van der Waals surface area contributed by atoms with Gasteiger partial charge in [0, 0.05) is 11.3 Å². The summed E-state index contributed by atoms with van der Waals surface area (Å²) in [6, 6.07) is 13.4. The summed E-state index contributed by atoms with van der Waals surface area (Å²) in [4.78, 5) is 10.9. The molecule has 0 fully saturated rings. The summed E-state index contributed by atoms with van der Waals surface area (Å²) in [5.74, 6) is -0.995. The van der Waals surface area contributed by atoms with Crippen molar-refractivity contribution in [3.05, 3.63) is 53.6 Å². The molecule has 88 valence electrons. The first-order valence-electron chi connectivity index (χ1n) is 5.25. The number of carbonyl (C=O) groups is 1. The fraction of sp³-hybridized carbons (Fsp3) is 0. The van der Waals surface area contributed by atoms with Crippen molar-refractivity contribution in [2.45, 2.75) is 0 Å². The van der Waals surface area contributed by atoms with Gasteiger partial charge >= 0.3 is 5.97 Å². The molecule has 4 heteroatoms. The summed E-state index contributed by atoms with van der Waals surface area (Å²) in [7, 11) is 0. The predicted molar refractivity (Wildman–Crippen MR) is 68.0 cm³/mol. The van der Waals surface area contributed by atoms with Crippen molar-refractivity contribution in [1.82, 2.24) is 0 Å². The molecule has 0 saturated carbocycles. The monoisotopic (exact) mass is 238 g/mol. The van der Waals surface area contributed by atoms with Crippen LogP contribution in [-0.2, 0) is 0 Å². The summed E-state index contributed by atoms with van der Waals surface area (Å²) in [6.45, 7) is 0. The molecule has 0 aliphatic carbocycles. The molecule has 2 aromatic rings. The number of nitriles is 1. The highest BCUT2D eigenvalue weighted by molar-refractivity contribution is 5.91. The van der Waals surface area contributed by atoms with Crippen LogP contribution < -0.4 is 5.73 Å². The largest absolute Gasteiger partial charge is 0.478 e. The molecule has 0 unspecified atom stereocenters. The first-order valence-corrected chi connectivity index (χ1v) is 5.25. The first kappa shape index (κ1) is 11.7. The van der Waals surface area contributed by atoms with Gasteiger partial charge in [-0.1, -0.05) is 12.1 Å². The molecule has 0 saturated heterocycles. The van der Waals surface area contributed by atoms with Crippen LogP contribution in [0.15, 0.2) is 42.5 Å². The van der Waals surface area contributed by atoms with E-state index in [-0.39, 0.29) is 5.56 Å². The van der Waals surface area contributed by atoms with Crippen molar-refractivity contribution in [2.75, 3.05) is 5.73 Å². The summed E-state index contributed by atoms with van der Waals surface area (Å²) >= 11 is 0. The van der Waals surface area contributed by atoms with Crippen molar-refractivity contribution in [3.8, 4) is 17.2 Å². The van der Waals surface area contributed by atoms with E-state index in [0.717, 1.165) is 5.56 Å². The molecule has 0 aliphatic heterocycles. The maximum atomic E-state index is 10.9. The molecule has 0 aromatic heterocycles. The molecular weight excluding hydrogens is 228 g/mol. The maximum absolute atomic E-state index is 10.9. The van der Waals surface area contributed by atoms with Crippen LogP contribution in [0.25, 0.3) is 11.1 Å². The Kier molecular flexibility index (Phi) is 2.98. The van der Waals surface area contributed by atoms with Gasteiger partial charge in [0.15, 0.2) is 0 Å². The Hall–Kier alpha value is -2.80. The molecule has 2 aromatic carbocycles. The van der Waals surface area contributed by atoms with Gasteiger partial charge in [0.1, 0.15) is 0 Å². The van der Waals surface area contributed by atoms with Crippen molar-refractivity contribution < 1.29 is 9.90 Å². The van der Waals surface area contributed by atoms with Gasteiger partial charge in [-0.25, -0.2) is 4.79 Å². The van der Waals surface area contributed by atoms with Crippen LogP contribution >= 0.6 is 0 Å². The normalized spacial score (nSPS) is 9.72. The van der Waals surface area contributed by atoms with Gasteiger partial charge < -0.3 is 10.8 Å². The predicted octanol–water partition coefficient (Wildman–Crippen LogP) is 2.51. The van der Waals surface area contributed by atoms with Crippen LogP contribution in [0.1, 0.15) is 15.9 Å². The van der Waals surface area contributed by atoms with Crippen LogP contribution in [0.5, 0.6) is 0 Å². The zero-order chi connectivity index (χ0) is 13.1. The van der Waals surface area contributed by atoms with Crippen LogP contribution in [0, 0.1) is 11.3 Å². The summed E-state index contributed by atoms with van der Waals surface area (Å²) in [5, 5.41) is 17.7. The standard InChI is InChI=1S/C14H10N2O2/c15-8-9-1-3-10(4-2-9)12-7-11(14(17)18)5-6-13(12)16/h1-7H,16H2,(H,17,18). The van der Waals surface area contributed by atoms with Gasteiger partial charge in [-0.05, 0) is 35.9 Å². The van der Waals surface area contributed by atoms with Crippen molar-refractivity contribution in [3.63, 3.8) is 0 Å². The average molecular weight is 238 g/mol. The Morgan fingerprint density at radius 3 is 2.39 bits per heavy atom. The van der Waals surface area contributed by atoms with Gasteiger partial charge in [0.25, 0.3) is 0 Å². The Labute approximate surface area is 104 Å². The lowest BCUT2D eigenvalue weighted by atomic mass is 10.00. The van der Waals surface area contributed by atoms with E-state index in [1.54, 1.807) is 30.3 Å². The molecule has 18 heavy (non-hydrogen) atoms. The highest BCUT2D eigenvalue weighted by atomic mass is 16.4. The SMILES string of the molecule is N#Cc1ccc(-c2cc(C(=O)O)ccc2N)cc1. The molecule has 0 bridgehead atoms. The van der Waals surface area contributed by atoms with E-state index in [4.69, 9.17) is 16.1 Å². The van der Waals surface area contributed by atoms with Crippen LogP contribution in [0.2, 0.25) is 0 Å². The third kappa shape index (κ3) is 2.15. The zero-order valence-electron chi connectivity index (χ0n) is 9.42. The second-order valence-corrected chi connectivity index (χ2v) is 3.80. The highest BCUT2D eigenvalue weighted by Crippen LogP contribution is 2.27. The lowest BCUT2D eigenvalue weighted by Crippen LogP contribution is -1.98. The quantitative estimate of drug-likeness (QED) is 0.787. The second-order valence-electron chi connectivity index (χ2n) is 3.80. The van der Waals surface area contributed by atoms with E-state index in [1.807, 2.05) is 6.07 Å². The minimum Gasteiger partial charge on any atom is -0.478 e. The number of benzene rings is 2. The third-order valence-electron chi connectivity index (χ3n) is 2.63. The molecule has 4 nitrogen and oxygen atoms in total. The third-order valence-corrected chi connectivity index (χ3v) is 2.63. The van der Waals surface area contributed by atoms with Crippen LogP contribution in [0.4, 0.5) is 5.69 Å². The van der Waals surface area contributed by atoms with Crippen molar-refractivity contribution in [2.24, 2.45) is 0 Å². The topological polar surface area (TPSA) is 87.1 Å². The molecule has 2 rings (SSSR count). The van der Waals surface area contributed by atoms with Gasteiger partial charge in [-0.2, -0.15) is 5.26 Å². The first-order chi connectivity index (χ1) is 8.61. The van der Waals surface area contributed by atoms with E-state index in [9.17, 15) is 4.79 Å². The number of hydrogen-bond donors (Lipinski definition) is 2. The van der Waals surface area contributed by atoms with Crippen molar-refractivity contribution >= 4 is 11.7 Å². The lowest BCUT2D eigenvalue weighted by molar-refractivity contribution is 0.0697. The number of aromatic carboxylic acids is 1. The number of rotatable bonds is 2. The molecule has 3 N–H and O–H groups in total. The Morgan fingerprint density at radius 1 is 1.17 bits per heavy atom. The van der Waals surface area contributed by atoms with E-state index in [0.29, 0.717) is 16.8 Å². The Bertz CT molecular complexity index is 640. The van der Waals surface area contributed by atoms with Crippen LogP contribution in [-0.4, -0.2) is 11.1 Å². The number of nitrogens with zero attached hydrogens (tertiary/aromatic N) is 1. The lowest BCUT2D eigenvalue weighted by Gasteiger charge is -2.07. The second kappa shape index (κ2) is 4.60. The molecule has 0 heterocycles. The zero-order valence-corrected chi connectivity index (χ0v) is 9.42. The number of nitrogens with two attached hydrogens (primary N) is 1. The molecular formula is C14H10N2O2. The number of carboxylic acids is 1. The highest BCUT2D eigenvalue weighted by Gasteiger charge is 2.08. The Balaban J connectivity index is 2.52. The van der Waals surface area contributed by atoms with Gasteiger partial charge in [-0.15, -0.1) is 0 Å². The molecule has 0 atom stereocenters. The van der Waals surface area contributed by atoms with Gasteiger partial charge in [0.05, 0.1) is 17.2 Å². The maximum Gasteiger partial charge on any atom is 0.335 e. The van der Waals surface area contributed by atoms with Crippen LogP contribution in [0.3, 0.4) is 0 Å². The number of anilines is 1. The minimum absolute atomic E-state index is 0.184. The number of nitrogen functional groups attached to an aromatic ring is 1.